The van der Waals surface area contributed by atoms with Crippen LogP contribution in [0, 0.1) is 23.7 Å². The molecular weight excluding hydrogens is 464 g/mol. The predicted molar refractivity (Wildman–Crippen MR) is 157 cm³/mol. The fraction of sp³-hybridized carbons (Fsp3) is 0.389. The molecule has 6 aliphatic rings. The number of hydrogen-bond donors (Lipinski definition) is 2. The van der Waals surface area contributed by atoms with Gasteiger partial charge in [-0.15, -0.1) is 0 Å². The minimum absolute atomic E-state index is 0.217. The Morgan fingerprint density at radius 2 is 1.92 bits per heavy atom. The van der Waals surface area contributed by atoms with Crippen LogP contribution in [-0.4, -0.2) is 10.2 Å². The Kier molecular flexibility index (Phi) is 6.68. The largest absolute Gasteiger partial charge is 0.508 e. The van der Waals surface area contributed by atoms with Gasteiger partial charge in [-0.25, -0.2) is 0 Å². The molecule has 38 heavy (non-hydrogen) atoms. The molecule has 4 atom stereocenters. The molecule has 0 radical (unpaired) electrons. The lowest BCUT2D eigenvalue weighted by molar-refractivity contribution is 0.380. The highest BCUT2D eigenvalue weighted by Crippen LogP contribution is 2.61. The second-order valence-electron chi connectivity index (χ2n) is 11.6. The Morgan fingerprint density at radius 3 is 2.63 bits per heavy atom. The summed E-state index contributed by atoms with van der Waals surface area (Å²) < 4.78 is 0. The van der Waals surface area contributed by atoms with Crippen molar-refractivity contribution in [3.63, 3.8) is 0 Å². The molecule has 2 nitrogen and oxygen atoms in total. The van der Waals surface area contributed by atoms with Gasteiger partial charge >= 0.3 is 0 Å². The van der Waals surface area contributed by atoms with Crippen molar-refractivity contribution in [1.82, 2.24) is 0 Å². The van der Waals surface area contributed by atoms with E-state index < -0.39 is 0 Å². The molecule has 6 rings (SSSR count). The van der Waals surface area contributed by atoms with E-state index in [9.17, 15) is 10.2 Å². The van der Waals surface area contributed by atoms with Gasteiger partial charge in [0.2, 0.25) is 0 Å². The lowest BCUT2D eigenvalue weighted by Crippen LogP contribution is -2.27. The van der Waals surface area contributed by atoms with Gasteiger partial charge in [0.25, 0.3) is 0 Å². The summed E-state index contributed by atoms with van der Waals surface area (Å²) in [5, 5.41) is 21.7. The van der Waals surface area contributed by atoms with E-state index in [2.05, 4.69) is 68.7 Å². The van der Waals surface area contributed by atoms with Crippen molar-refractivity contribution in [2.75, 3.05) is 0 Å². The number of allylic oxidation sites excluding steroid dienone is 17. The lowest BCUT2D eigenvalue weighted by Gasteiger charge is -2.36. The number of aliphatic hydroxyl groups is 2. The van der Waals surface area contributed by atoms with Gasteiger partial charge in [-0.05, 0) is 121 Å². The Balaban J connectivity index is 1.58. The van der Waals surface area contributed by atoms with Crippen molar-refractivity contribution < 1.29 is 10.2 Å². The highest BCUT2D eigenvalue weighted by atomic mass is 16.3. The average molecular weight is 505 g/mol. The Morgan fingerprint density at radius 1 is 1.08 bits per heavy atom. The van der Waals surface area contributed by atoms with Crippen molar-refractivity contribution in [1.29, 1.82) is 0 Å². The van der Waals surface area contributed by atoms with Crippen LogP contribution in [0.2, 0.25) is 0 Å². The summed E-state index contributed by atoms with van der Waals surface area (Å²) in [6.45, 7) is 10.7. The molecule has 2 N–H and O–H groups in total. The van der Waals surface area contributed by atoms with Gasteiger partial charge in [0, 0.05) is 17.4 Å². The Hall–Kier alpha value is -3.26. The van der Waals surface area contributed by atoms with Crippen molar-refractivity contribution in [2.45, 2.75) is 64.7 Å². The van der Waals surface area contributed by atoms with Crippen LogP contribution in [0.1, 0.15) is 64.7 Å². The normalized spacial score (nSPS) is 31.5. The summed E-state index contributed by atoms with van der Waals surface area (Å²) in [6.07, 6.45) is 29.4. The third-order valence-corrected chi connectivity index (χ3v) is 9.61. The molecule has 0 aliphatic heterocycles. The lowest BCUT2D eigenvalue weighted by atomic mass is 9.67. The third kappa shape index (κ3) is 4.01. The van der Waals surface area contributed by atoms with Crippen LogP contribution >= 0.6 is 0 Å². The zero-order valence-electron chi connectivity index (χ0n) is 22.7. The maximum absolute atomic E-state index is 11.0. The van der Waals surface area contributed by atoms with E-state index in [0.29, 0.717) is 17.6 Å². The zero-order valence-corrected chi connectivity index (χ0v) is 22.7. The molecule has 0 aromatic carbocycles. The van der Waals surface area contributed by atoms with Gasteiger partial charge < -0.3 is 10.2 Å². The highest BCUT2D eigenvalue weighted by molar-refractivity contribution is 5.64. The summed E-state index contributed by atoms with van der Waals surface area (Å²) in [5.41, 5.74) is 11.5. The molecule has 4 unspecified atom stereocenters. The molecule has 196 valence electrons. The van der Waals surface area contributed by atoms with Crippen LogP contribution in [-0.2, 0) is 0 Å². The molecule has 0 heterocycles. The highest BCUT2D eigenvalue weighted by Gasteiger charge is 2.51. The summed E-state index contributed by atoms with van der Waals surface area (Å²) >= 11 is 0. The average Bonchev–Trinajstić information content (AvgIpc) is 3.24. The second-order valence-corrected chi connectivity index (χ2v) is 11.6. The monoisotopic (exact) mass is 504 g/mol. The number of fused-ring (bicyclic) bond motifs is 3. The summed E-state index contributed by atoms with van der Waals surface area (Å²) in [4.78, 5) is 0. The van der Waals surface area contributed by atoms with Gasteiger partial charge in [0.15, 0.2) is 0 Å². The first-order valence-electron chi connectivity index (χ1n) is 14.6. The summed E-state index contributed by atoms with van der Waals surface area (Å²) in [5.74, 6) is 1.83. The molecule has 0 aromatic heterocycles. The van der Waals surface area contributed by atoms with E-state index in [4.69, 9.17) is 0 Å². The number of hydrogen-bond acceptors (Lipinski definition) is 2. The first kappa shape index (κ1) is 25.0. The molecule has 0 bridgehead atoms. The Bertz CT molecular complexity index is 1360. The van der Waals surface area contributed by atoms with Crippen molar-refractivity contribution in [2.24, 2.45) is 23.7 Å². The number of rotatable bonds is 5. The third-order valence-electron chi connectivity index (χ3n) is 9.61. The van der Waals surface area contributed by atoms with Crippen LogP contribution in [0.4, 0.5) is 0 Å². The number of aliphatic hydroxyl groups excluding tert-OH is 2. The van der Waals surface area contributed by atoms with Crippen LogP contribution in [0.5, 0.6) is 0 Å². The molecule has 1 saturated carbocycles. The molecule has 6 aliphatic carbocycles. The van der Waals surface area contributed by atoms with E-state index in [1.807, 2.05) is 6.08 Å². The van der Waals surface area contributed by atoms with E-state index in [-0.39, 0.29) is 17.6 Å². The predicted octanol–water partition coefficient (Wildman–Crippen LogP) is 9.54. The van der Waals surface area contributed by atoms with E-state index in [0.717, 1.165) is 68.9 Å². The fourth-order valence-electron chi connectivity index (χ4n) is 8.09. The molecule has 0 aromatic rings. The van der Waals surface area contributed by atoms with Gasteiger partial charge in [-0.1, -0.05) is 68.2 Å². The summed E-state index contributed by atoms with van der Waals surface area (Å²) in [7, 11) is 0. The molecule has 0 spiro atoms. The van der Waals surface area contributed by atoms with Crippen molar-refractivity contribution in [3.05, 3.63) is 130 Å². The minimum atomic E-state index is 0.217. The first-order chi connectivity index (χ1) is 18.5. The van der Waals surface area contributed by atoms with Crippen LogP contribution in [0.15, 0.2) is 130 Å². The smallest absolute Gasteiger partial charge is 0.115 e. The van der Waals surface area contributed by atoms with Crippen LogP contribution in [0.25, 0.3) is 0 Å². The van der Waals surface area contributed by atoms with Gasteiger partial charge in [-0.2, -0.15) is 0 Å². The summed E-state index contributed by atoms with van der Waals surface area (Å²) in [6, 6.07) is 0. The van der Waals surface area contributed by atoms with Crippen LogP contribution < -0.4 is 0 Å². The standard InChI is InChI=1S/C36H40O2/c1-4-27-26(19-25-16-10-12-18-32(25)38)21-31-30-20-24-15-9-11-17-29(24)33(22(3)37)35(30)28(5-2)36(31)34(27)23-13-7-6-8-14-23/h4,7,9,13-15,18-19,21,28,30,34,36-38H,1,3,5-6,8,10-12,16-17,20H2,2H3/b25-19+. The van der Waals surface area contributed by atoms with Crippen molar-refractivity contribution >= 4 is 0 Å². The van der Waals surface area contributed by atoms with Crippen LogP contribution in [0.3, 0.4) is 0 Å². The molecule has 0 amide bonds. The maximum atomic E-state index is 11.0. The topological polar surface area (TPSA) is 40.5 Å². The molecule has 0 saturated heterocycles. The van der Waals surface area contributed by atoms with Gasteiger partial charge in [0.05, 0.1) is 0 Å². The van der Waals surface area contributed by atoms with E-state index in [1.165, 1.54) is 39.0 Å². The second kappa shape index (κ2) is 10.1. The molecular formula is C36H40O2. The van der Waals surface area contributed by atoms with Crippen molar-refractivity contribution in [3.8, 4) is 0 Å². The van der Waals surface area contributed by atoms with E-state index in [1.54, 1.807) is 0 Å². The SMILES string of the molecule is C=CC1=C(/C=C2\CCCC=C2O)C=C2C3CC4=C(CCC=C4)C(C(=C)O)=C3C(CC)C2C1C1=CCCC=C1. The fourth-order valence-corrected chi connectivity index (χ4v) is 8.09. The quantitative estimate of drug-likeness (QED) is 0.366. The van der Waals surface area contributed by atoms with E-state index >= 15 is 0 Å². The minimum Gasteiger partial charge on any atom is -0.508 e. The molecule has 2 heteroatoms. The maximum Gasteiger partial charge on any atom is 0.115 e. The zero-order chi connectivity index (χ0) is 26.4. The first-order valence-corrected chi connectivity index (χ1v) is 14.6. The van der Waals surface area contributed by atoms with Gasteiger partial charge in [0.1, 0.15) is 11.5 Å². The van der Waals surface area contributed by atoms with Gasteiger partial charge in [-0.3, -0.25) is 0 Å². The Labute approximate surface area is 227 Å². The molecule has 1 fully saturated rings.